The van der Waals surface area contributed by atoms with Crippen molar-refractivity contribution in [3.05, 3.63) is 60.8 Å². The molecule has 0 aromatic carbocycles. The molecule has 0 rings (SSSR count). The van der Waals surface area contributed by atoms with E-state index < -0.39 is 12.1 Å². The zero-order chi connectivity index (χ0) is 57.8. The van der Waals surface area contributed by atoms with Crippen molar-refractivity contribution in [3.63, 3.8) is 0 Å². The summed E-state index contributed by atoms with van der Waals surface area (Å²) in [6.45, 7) is 4.88. The molecule has 80 heavy (non-hydrogen) atoms. The fourth-order valence-corrected chi connectivity index (χ4v) is 10.8. The van der Waals surface area contributed by atoms with Crippen LogP contribution in [0.3, 0.4) is 0 Å². The highest BCUT2D eigenvalue weighted by Crippen LogP contribution is 2.18. The molecule has 6 heteroatoms. The molecule has 0 aromatic rings. The molecule has 0 aliphatic carbocycles. The standard InChI is InChI=1S/C74H137NO5/c1-3-5-7-9-11-13-15-16-17-37-41-44-48-52-56-60-64-68-74(79)80-69-65-61-57-53-49-45-42-39-36-34-32-30-28-26-24-22-20-18-19-21-23-25-27-29-31-33-35-38-40-43-47-51-55-59-63-67-73(78)75-71(70-76)72(77)66-62-58-54-50-46-14-12-10-8-6-4-2/h11,13,16-17,20,22,26,28,62,66,71-72,76-77H,3-10,12,14-15,18-19,21,23-25,27,29-61,63-65,67-70H2,1-2H3,(H,75,78)/b13-11-,17-16-,22-20-,28-26-,66-62+. The Labute approximate surface area is 499 Å². The van der Waals surface area contributed by atoms with Crippen molar-refractivity contribution in [2.45, 2.75) is 386 Å². The average molecular weight is 1120 g/mol. The Kier molecular flexibility index (Phi) is 66.9. The van der Waals surface area contributed by atoms with Crippen LogP contribution >= 0.6 is 0 Å². The molecule has 2 atom stereocenters. The molecule has 2 unspecified atom stereocenters. The molecule has 0 heterocycles. The minimum absolute atomic E-state index is 0.00855. The number of allylic oxidation sites excluding steroid dienone is 9. The molecule has 0 radical (unpaired) electrons. The van der Waals surface area contributed by atoms with E-state index in [0.29, 0.717) is 19.4 Å². The zero-order valence-corrected chi connectivity index (χ0v) is 53.6. The summed E-state index contributed by atoms with van der Waals surface area (Å²) in [6, 6.07) is -0.625. The number of carbonyl (C=O) groups is 2. The Morgan fingerprint density at radius 1 is 0.350 bits per heavy atom. The van der Waals surface area contributed by atoms with Gasteiger partial charge in [-0.3, -0.25) is 9.59 Å². The van der Waals surface area contributed by atoms with Gasteiger partial charge in [0.1, 0.15) is 0 Å². The van der Waals surface area contributed by atoms with Gasteiger partial charge in [-0.1, -0.05) is 325 Å². The smallest absolute Gasteiger partial charge is 0.305 e. The minimum atomic E-state index is -0.842. The van der Waals surface area contributed by atoms with E-state index in [-0.39, 0.29) is 18.5 Å². The summed E-state index contributed by atoms with van der Waals surface area (Å²) >= 11 is 0. The monoisotopic (exact) mass is 1120 g/mol. The maximum absolute atomic E-state index is 12.4. The number of hydrogen-bond donors (Lipinski definition) is 3. The average Bonchev–Trinajstić information content (AvgIpc) is 3.46. The molecule has 0 saturated carbocycles. The lowest BCUT2D eigenvalue weighted by Crippen LogP contribution is -2.45. The van der Waals surface area contributed by atoms with Gasteiger partial charge in [0, 0.05) is 12.8 Å². The van der Waals surface area contributed by atoms with Crippen molar-refractivity contribution in [1.82, 2.24) is 5.32 Å². The Balaban J connectivity index is 3.37. The van der Waals surface area contributed by atoms with Crippen molar-refractivity contribution in [3.8, 4) is 0 Å². The predicted octanol–water partition coefficient (Wildman–Crippen LogP) is 23.0. The number of hydrogen-bond acceptors (Lipinski definition) is 5. The lowest BCUT2D eigenvalue weighted by atomic mass is 10.0. The van der Waals surface area contributed by atoms with Crippen LogP contribution in [0.4, 0.5) is 0 Å². The first-order valence-corrected chi connectivity index (χ1v) is 35.6. The number of nitrogens with one attached hydrogen (secondary N) is 1. The minimum Gasteiger partial charge on any atom is -0.466 e. The van der Waals surface area contributed by atoms with Crippen LogP contribution < -0.4 is 5.32 Å². The van der Waals surface area contributed by atoms with Crippen LogP contribution in [0.1, 0.15) is 373 Å². The molecule has 0 aromatic heterocycles. The third-order valence-electron chi connectivity index (χ3n) is 16.3. The predicted molar refractivity (Wildman–Crippen MR) is 352 cm³/mol. The van der Waals surface area contributed by atoms with E-state index in [1.54, 1.807) is 6.08 Å². The number of amides is 1. The van der Waals surface area contributed by atoms with Crippen molar-refractivity contribution in [2.75, 3.05) is 13.2 Å². The van der Waals surface area contributed by atoms with Crippen LogP contribution in [-0.4, -0.2) is 47.4 Å². The number of aliphatic hydroxyl groups is 2. The number of unbranched alkanes of at least 4 members (excludes halogenated alkanes) is 47. The van der Waals surface area contributed by atoms with Crippen LogP contribution in [0.15, 0.2) is 60.8 Å². The van der Waals surface area contributed by atoms with E-state index in [4.69, 9.17) is 4.74 Å². The summed E-state index contributed by atoms with van der Waals surface area (Å²) in [6.07, 6.45) is 91.7. The van der Waals surface area contributed by atoms with E-state index >= 15 is 0 Å². The van der Waals surface area contributed by atoms with Gasteiger partial charge in [0.15, 0.2) is 0 Å². The lowest BCUT2D eigenvalue weighted by Gasteiger charge is -2.20. The highest BCUT2D eigenvalue weighted by molar-refractivity contribution is 5.76. The highest BCUT2D eigenvalue weighted by Gasteiger charge is 2.18. The molecule has 0 bridgehead atoms. The second-order valence-corrected chi connectivity index (χ2v) is 24.2. The Morgan fingerprint density at radius 2 is 0.625 bits per heavy atom. The molecule has 3 N–H and O–H groups in total. The first-order chi connectivity index (χ1) is 39.5. The summed E-state index contributed by atoms with van der Waals surface area (Å²) in [5.41, 5.74) is 0. The molecule has 6 nitrogen and oxygen atoms in total. The molecular weight excluding hydrogens is 983 g/mol. The number of ether oxygens (including phenoxy) is 1. The number of rotatable bonds is 66. The maximum atomic E-state index is 12.4. The maximum Gasteiger partial charge on any atom is 0.305 e. The van der Waals surface area contributed by atoms with Crippen molar-refractivity contribution >= 4 is 11.9 Å². The van der Waals surface area contributed by atoms with Crippen molar-refractivity contribution < 1.29 is 24.5 Å². The molecule has 1 amide bonds. The number of aliphatic hydroxyl groups excluding tert-OH is 2. The number of esters is 1. The van der Waals surface area contributed by atoms with Crippen molar-refractivity contribution in [1.29, 1.82) is 0 Å². The van der Waals surface area contributed by atoms with Crippen LogP contribution in [0.5, 0.6) is 0 Å². The molecule has 0 aliphatic heterocycles. The first-order valence-electron chi connectivity index (χ1n) is 35.6. The van der Waals surface area contributed by atoms with Gasteiger partial charge in [0.05, 0.1) is 25.4 Å². The molecule has 0 saturated heterocycles. The van der Waals surface area contributed by atoms with E-state index in [1.165, 1.54) is 289 Å². The Morgan fingerprint density at radius 3 is 0.975 bits per heavy atom. The quantitative estimate of drug-likeness (QED) is 0.0320. The molecule has 0 fully saturated rings. The first kappa shape index (κ1) is 77.6. The van der Waals surface area contributed by atoms with Crippen LogP contribution in [-0.2, 0) is 14.3 Å². The fraction of sp³-hybridized carbons (Fsp3) is 0.838. The molecule has 468 valence electrons. The normalized spacial score (nSPS) is 12.9. The molecule has 0 spiro atoms. The fourth-order valence-electron chi connectivity index (χ4n) is 10.8. The van der Waals surface area contributed by atoms with E-state index in [1.807, 2.05) is 6.08 Å². The lowest BCUT2D eigenvalue weighted by molar-refractivity contribution is -0.143. The second-order valence-electron chi connectivity index (χ2n) is 24.2. The zero-order valence-electron chi connectivity index (χ0n) is 53.6. The summed E-state index contributed by atoms with van der Waals surface area (Å²) in [5.74, 6) is -0.0577. The summed E-state index contributed by atoms with van der Waals surface area (Å²) in [7, 11) is 0. The summed E-state index contributed by atoms with van der Waals surface area (Å²) < 4.78 is 5.50. The Hall–Kier alpha value is -2.44. The third kappa shape index (κ3) is 64.7. The number of carbonyl (C=O) groups excluding carboxylic acids is 2. The highest BCUT2D eigenvalue weighted by atomic mass is 16.5. The van der Waals surface area contributed by atoms with Crippen molar-refractivity contribution in [2.24, 2.45) is 0 Å². The SMILES string of the molecule is CCCCC/C=C\C/C=C\CCCCCCCCCC(=O)OCCCCCCCCCCCCC/C=C\C/C=C\CCCCCCCCCCCCCCCCCCCC(=O)NC(CO)C(O)/C=C/CCCCCCCCCCC. The van der Waals surface area contributed by atoms with Crippen LogP contribution in [0.2, 0.25) is 0 Å². The van der Waals surface area contributed by atoms with E-state index in [9.17, 15) is 19.8 Å². The van der Waals surface area contributed by atoms with Crippen LogP contribution in [0, 0.1) is 0 Å². The van der Waals surface area contributed by atoms with Gasteiger partial charge in [-0.25, -0.2) is 0 Å². The van der Waals surface area contributed by atoms with E-state index in [0.717, 1.165) is 57.8 Å². The summed E-state index contributed by atoms with van der Waals surface area (Å²) in [5, 5.41) is 23.1. The topological polar surface area (TPSA) is 95.9 Å². The van der Waals surface area contributed by atoms with Gasteiger partial charge in [0.25, 0.3) is 0 Å². The third-order valence-corrected chi connectivity index (χ3v) is 16.3. The largest absolute Gasteiger partial charge is 0.466 e. The van der Waals surface area contributed by atoms with Gasteiger partial charge in [0.2, 0.25) is 5.91 Å². The van der Waals surface area contributed by atoms with Gasteiger partial charge < -0.3 is 20.3 Å². The van der Waals surface area contributed by atoms with E-state index in [2.05, 4.69) is 67.8 Å². The summed E-state index contributed by atoms with van der Waals surface area (Å²) in [4.78, 5) is 24.5. The van der Waals surface area contributed by atoms with Gasteiger partial charge in [-0.2, -0.15) is 0 Å². The van der Waals surface area contributed by atoms with Gasteiger partial charge in [-0.05, 0) is 96.3 Å². The molecular formula is C74H137NO5. The second kappa shape index (κ2) is 69.1. The van der Waals surface area contributed by atoms with Gasteiger partial charge in [-0.15, -0.1) is 0 Å². The van der Waals surface area contributed by atoms with Gasteiger partial charge >= 0.3 is 5.97 Å². The Bertz CT molecular complexity index is 1380. The molecule has 0 aliphatic rings. The van der Waals surface area contributed by atoms with Crippen LogP contribution in [0.25, 0.3) is 0 Å².